The van der Waals surface area contributed by atoms with E-state index >= 15 is 0 Å². The van der Waals surface area contributed by atoms with Gasteiger partial charge in [-0.05, 0) is 32.0 Å². The molecule has 3 rings (SSSR count). The quantitative estimate of drug-likeness (QED) is 0.642. The number of amides is 2. The summed E-state index contributed by atoms with van der Waals surface area (Å²) in [7, 11) is 1.65. The van der Waals surface area contributed by atoms with Crippen LogP contribution < -0.4 is 16.5 Å². The van der Waals surface area contributed by atoms with Crippen LogP contribution in [0.15, 0.2) is 35.1 Å². The van der Waals surface area contributed by atoms with Crippen molar-refractivity contribution < 1.29 is 9.59 Å². The number of nitrogens with one attached hydrogen (secondary N) is 2. The Morgan fingerprint density at radius 2 is 1.65 bits per heavy atom. The van der Waals surface area contributed by atoms with Crippen molar-refractivity contribution >= 4 is 22.8 Å². The first-order chi connectivity index (χ1) is 12.4. The van der Waals surface area contributed by atoms with Gasteiger partial charge in [0, 0.05) is 12.7 Å². The molecule has 2 N–H and O–H groups in total. The van der Waals surface area contributed by atoms with Gasteiger partial charge in [0.25, 0.3) is 11.8 Å². The predicted octanol–water partition coefficient (Wildman–Crippen LogP) is 0.000940. The molecule has 0 bridgehead atoms. The van der Waals surface area contributed by atoms with E-state index in [-0.39, 0.29) is 18.8 Å². The summed E-state index contributed by atoms with van der Waals surface area (Å²) in [6, 6.07) is 9.06. The molecule has 0 aliphatic rings. The summed E-state index contributed by atoms with van der Waals surface area (Å²) in [6.07, 6.45) is 0. The van der Waals surface area contributed by atoms with Gasteiger partial charge in [-0.1, -0.05) is 12.1 Å². The molecule has 0 spiro atoms. The minimum absolute atomic E-state index is 0.00578. The number of hydrogen-bond donors (Lipinski definition) is 2. The molecule has 2 amide bonds. The predicted molar refractivity (Wildman–Crippen MR) is 95.2 cm³/mol. The molecule has 0 saturated heterocycles. The summed E-state index contributed by atoms with van der Waals surface area (Å²) in [5, 5.41) is 4.19. The van der Waals surface area contributed by atoms with Gasteiger partial charge in [0.1, 0.15) is 13.1 Å². The third-order valence-corrected chi connectivity index (χ3v) is 4.09. The van der Waals surface area contributed by atoms with E-state index in [9.17, 15) is 14.4 Å². The number of hydrogen-bond acceptors (Lipinski definition) is 4. The number of fused-ring (bicyclic) bond motifs is 1. The summed E-state index contributed by atoms with van der Waals surface area (Å²) in [5.74, 6) is -0.903. The minimum Gasteiger partial charge on any atom is -0.295 e. The largest absolute Gasteiger partial charge is 0.329 e. The molecule has 3 aromatic rings. The van der Waals surface area contributed by atoms with Gasteiger partial charge in [0.05, 0.1) is 16.7 Å². The number of nitrogens with zero attached hydrogens (tertiary/aromatic N) is 4. The van der Waals surface area contributed by atoms with Crippen LogP contribution in [0.3, 0.4) is 0 Å². The average Bonchev–Trinajstić information content (AvgIpc) is 3.04. The summed E-state index contributed by atoms with van der Waals surface area (Å²) in [5.41, 5.74) is 7.43. The van der Waals surface area contributed by atoms with Crippen LogP contribution in [-0.4, -0.2) is 30.7 Å². The highest BCUT2D eigenvalue weighted by Gasteiger charge is 2.14. The van der Waals surface area contributed by atoms with Gasteiger partial charge in [-0.3, -0.25) is 34.3 Å². The van der Waals surface area contributed by atoms with Crippen LogP contribution in [0.1, 0.15) is 11.4 Å². The Labute approximate surface area is 149 Å². The van der Waals surface area contributed by atoms with Crippen LogP contribution in [0.5, 0.6) is 0 Å². The van der Waals surface area contributed by atoms with Gasteiger partial charge >= 0.3 is 5.69 Å². The normalized spacial score (nSPS) is 10.9. The molecule has 136 valence electrons. The number of carbonyl (C=O) groups excluding carboxylic acids is 2. The van der Waals surface area contributed by atoms with Gasteiger partial charge in [0.2, 0.25) is 0 Å². The highest BCUT2D eigenvalue weighted by Crippen LogP contribution is 2.10. The molecule has 2 heterocycles. The summed E-state index contributed by atoms with van der Waals surface area (Å²) < 4.78 is 4.38. The molecule has 0 saturated carbocycles. The van der Waals surface area contributed by atoms with Crippen LogP contribution >= 0.6 is 0 Å². The Bertz CT molecular complexity index is 1040. The van der Waals surface area contributed by atoms with Crippen molar-refractivity contribution in [3.8, 4) is 0 Å². The second-order valence-corrected chi connectivity index (χ2v) is 6.10. The monoisotopic (exact) mass is 356 g/mol. The Kier molecular flexibility index (Phi) is 4.61. The van der Waals surface area contributed by atoms with Crippen molar-refractivity contribution in [2.75, 3.05) is 0 Å². The van der Waals surface area contributed by atoms with Crippen molar-refractivity contribution in [1.29, 1.82) is 0 Å². The number of aromatic nitrogens is 4. The number of carbonyl (C=O) groups is 2. The molecule has 0 unspecified atom stereocenters. The zero-order valence-corrected chi connectivity index (χ0v) is 14.8. The van der Waals surface area contributed by atoms with E-state index in [4.69, 9.17) is 0 Å². The number of imidazole rings is 1. The fourth-order valence-corrected chi connectivity index (χ4v) is 2.85. The average molecular weight is 356 g/mol. The molecule has 1 aromatic carbocycles. The molecule has 0 aliphatic heterocycles. The Hall–Kier alpha value is -3.36. The molecule has 0 fully saturated rings. The molecular formula is C17H20N6O3. The highest BCUT2D eigenvalue weighted by atomic mass is 16.2. The highest BCUT2D eigenvalue weighted by molar-refractivity contribution is 5.83. The summed E-state index contributed by atoms with van der Waals surface area (Å²) >= 11 is 0. The van der Waals surface area contributed by atoms with E-state index in [1.54, 1.807) is 29.9 Å². The molecular weight excluding hydrogens is 336 g/mol. The molecule has 0 atom stereocenters. The maximum absolute atomic E-state index is 12.3. The number of hydrazine groups is 1. The van der Waals surface area contributed by atoms with Crippen LogP contribution in [-0.2, 0) is 29.7 Å². The smallest absolute Gasteiger partial charge is 0.295 e. The lowest BCUT2D eigenvalue weighted by molar-refractivity contribution is -0.129. The molecule has 26 heavy (non-hydrogen) atoms. The summed E-state index contributed by atoms with van der Waals surface area (Å²) in [4.78, 5) is 36.4. The Morgan fingerprint density at radius 1 is 1.04 bits per heavy atom. The zero-order chi connectivity index (χ0) is 18.8. The van der Waals surface area contributed by atoms with E-state index in [0.29, 0.717) is 5.52 Å². The van der Waals surface area contributed by atoms with Crippen molar-refractivity contribution in [3.63, 3.8) is 0 Å². The molecule has 2 aromatic heterocycles. The first kappa shape index (κ1) is 17.5. The van der Waals surface area contributed by atoms with E-state index in [0.717, 1.165) is 16.9 Å². The third-order valence-electron chi connectivity index (χ3n) is 4.09. The van der Waals surface area contributed by atoms with Crippen molar-refractivity contribution in [2.24, 2.45) is 7.05 Å². The number of aryl methyl sites for hydroxylation is 3. The topological polar surface area (TPSA) is 103 Å². The van der Waals surface area contributed by atoms with Gasteiger partial charge in [-0.25, -0.2) is 4.79 Å². The lowest BCUT2D eigenvalue weighted by atomic mass is 10.3. The van der Waals surface area contributed by atoms with Crippen molar-refractivity contribution in [1.82, 2.24) is 29.8 Å². The maximum Gasteiger partial charge on any atom is 0.329 e. The van der Waals surface area contributed by atoms with Crippen LogP contribution in [0.4, 0.5) is 0 Å². The SMILES string of the molecule is Cc1cc(C)n(CC(=O)NNC(=O)Cn2c(=O)n(C)c3ccccc32)n1. The van der Waals surface area contributed by atoms with Crippen LogP contribution in [0.25, 0.3) is 11.0 Å². The third kappa shape index (κ3) is 3.37. The number of rotatable bonds is 4. The van der Waals surface area contributed by atoms with Gasteiger partial charge in [-0.15, -0.1) is 0 Å². The van der Waals surface area contributed by atoms with Crippen LogP contribution in [0.2, 0.25) is 0 Å². The first-order valence-electron chi connectivity index (χ1n) is 8.10. The lowest BCUT2D eigenvalue weighted by Gasteiger charge is -2.09. The number of benzene rings is 1. The van der Waals surface area contributed by atoms with E-state index in [2.05, 4.69) is 16.0 Å². The van der Waals surface area contributed by atoms with E-state index in [1.807, 2.05) is 26.0 Å². The molecule has 0 radical (unpaired) electrons. The van der Waals surface area contributed by atoms with Gasteiger partial charge < -0.3 is 0 Å². The van der Waals surface area contributed by atoms with E-state index < -0.39 is 11.8 Å². The Morgan fingerprint density at radius 3 is 2.27 bits per heavy atom. The molecule has 9 heteroatoms. The second-order valence-electron chi connectivity index (χ2n) is 6.10. The standard InChI is InChI=1S/C17H20N6O3/c1-11-8-12(2)23(20-11)10-16(25)19-18-15(24)9-22-14-7-5-4-6-13(14)21(3)17(22)26/h4-8H,9-10H2,1-3H3,(H,18,24)(H,19,25). The number of para-hydroxylation sites is 2. The minimum atomic E-state index is -0.495. The van der Waals surface area contributed by atoms with Gasteiger partial charge in [0.15, 0.2) is 0 Å². The molecule has 0 aliphatic carbocycles. The fraction of sp³-hybridized carbons (Fsp3) is 0.294. The summed E-state index contributed by atoms with van der Waals surface area (Å²) in [6.45, 7) is 3.48. The zero-order valence-electron chi connectivity index (χ0n) is 14.8. The van der Waals surface area contributed by atoms with Gasteiger partial charge in [-0.2, -0.15) is 5.10 Å². The van der Waals surface area contributed by atoms with E-state index in [1.165, 1.54) is 9.13 Å². The first-order valence-corrected chi connectivity index (χ1v) is 8.10. The van der Waals surface area contributed by atoms with Crippen molar-refractivity contribution in [3.05, 3.63) is 52.2 Å². The Balaban J connectivity index is 1.63. The fourth-order valence-electron chi connectivity index (χ4n) is 2.85. The van der Waals surface area contributed by atoms with Crippen molar-refractivity contribution in [2.45, 2.75) is 26.9 Å². The second kappa shape index (κ2) is 6.87. The maximum atomic E-state index is 12.3. The molecule has 9 nitrogen and oxygen atoms in total. The van der Waals surface area contributed by atoms with Crippen LogP contribution in [0, 0.1) is 13.8 Å². The lowest BCUT2D eigenvalue weighted by Crippen LogP contribution is -2.45.